The number of aromatic amines is 1. The molecule has 1 aromatic carbocycles. The smallest absolute Gasteiger partial charge is 0.138 e. The first-order chi connectivity index (χ1) is 6.27. The van der Waals surface area contributed by atoms with Gasteiger partial charge in [-0.25, -0.2) is 4.98 Å². The normalized spacial score (nSPS) is 9.57. The van der Waals surface area contributed by atoms with Crippen LogP contribution in [0.1, 0.15) is 5.56 Å². The molecule has 0 aliphatic heterocycles. The number of rotatable bonds is 1. The largest absolute Gasteiger partial charge is 0.343 e. The third-order valence-corrected chi connectivity index (χ3v) is 2.19. The zero-order valence-corrected chi connectivity index (χ0v) is 11.8. The van der Waals surface area contributed by atoms with Crippen molar-refractivity contribution >= 4 is 12.6 Å². The molecule has 0 saturated heterocycles. The minimum Gasteiger partial charge on any atom is -0.343 e. The summed E-state index contributed by atoms with van der Waals surface area (Å²) < 4.78 is 0. The summed E-state index contributed by atoms with van der Waals surface area (Å²) in [6.07, 6.45) is 1.78. The molecule has 0 aliphatic rings. The van der Waals surface area contributed by atoms with Crippen LogP contribution in [0, 0.1) is 6.92 Å². The van der Waals surface area contributed by atoms with Crippen molar-refractivity contribution in [3.05, 3.63) is 36.0 Å². The fourth-order valence-corrected chi connectivity index (χ4v) is 1.45. The molecule has 1 heterocycles. The molecule has 0 unspecified atom stereocenters. The van der Waals surface area contributed by atoms with E-state index in [1.54, 1.807) is 6.20 Å². The first-order valence-electron chi connectivity index (χ1n) is 4.08. The van der Waals surface area contributed by atoms with Crippen molar-refractivity contribution in [2.75, 3.05) is 0 Å². The van der Waals surface area contributed by atoms with E-state index in [9.17, 15) is 0 Å². The van der Waals surface area contributed by atoms with Gasteiger partial charge in [-0.15, -0.1) is 12.6 Å². The van der Waals surface area contributed by atoms with Crippen LogP contribution in [0.15, 0.2) is 35.5 Å². The van der Waals surface area contributed by atoms with Gasteiger partial charge in [0, 0.05) is 31.2 Å². The summed E-state index contributed by atoms with van der Waals surface area (Å²) >= 11 is 4.15. The molecular formula is C10H10N2SZn. The topological polar surface area (TPSA) is 28.7 Å². The standard InChI is InChI=1S/C10H10N2S.Zn/c1-7-4-2-3-5-8(7)10-11-6-9(13)12-10;/h2-6,13H,1H3,(H,11,12);. The van der Waals surface area contributed by atoms with Gasteiger partial charge in [0.15, 0.2) is 0 Å². The molecule has 2 nitrogen and oxygen atoms in total. The Morgan fingerprint density at radius 2 is 2.00 bits per heavy atom. The first-order valence-corrected chi connectivity index (χ1v) is 4.52. The van der Waals surface area contributed by atoms with Gasteiger partial charge in [0.05, 0.1) is 0 Å². The molecule has 0 atom stereocenters. The summed E-state index contributed by atoms with van der Waals surface area (Å²) in [5.41, 5.74) is 2.34. The van der Waals surface area contributed by atoms with Gasteiger partial charge in [-0.3, -0.25) is 0 Å². The van der Waals surface area contributed by atoms with Crippen molar-refractivity contribution < 1.29 is 19.5 Å². The maximum Gasteiger partial charge on any atom is 0.138 e. The number of thiol groups is 1. The minimum absolute atomic E-state index is 0. The Bertz CT molecular complexity index is 426. The predicted molar refractivity (Wildman–Crippen MR) is 56.0 cm³/mol. The average molecular weight is 256 g/mol. The second kappa shape index (κ2) is 4.76. The number of aromatic nitrogens is 2. The van der Waals surface area contributed by atoms with Crippen LogP contribution in [0.3, 0.4) is 0 Å². The van der Waals surface area contributed by atoms with E-state index in [0.717, 1.165) is 16.4 Å². The number of aryl methyl sites for hydroxylation is 1. The molecule has 2 aromatic rings. The molecule has 1 aromatic heterocycles. The third-order valence-electron chi connectivity index (χ3n) is 1.96. The summed E-state index contributed by atoms with van der Waals surface area (Å²) in [6.45, 7) is 2.07. The van der Waals surface area contributed by atoms with Gasteiger partial charge in [0.2, 0.25) is 0 Å². The van der Waals surface area contributed by atoms with Crippen LogP contribution in [0.2, 0.25) is 0 Å². The summed E-state index contributed by atoms with van der Waals surface area (Å²) in [6, 6.07) is 8.13. The fraction of sp³-hybridized carbons (Fsp3) is 0.100. The average Bonchev–Trinajstić information content (AvgIpc) is 2.53. The Kier molecular flexibility index (Phi) is 3.90. The van der Waals surface area contributed by atoms with Crippen LogP contribution in [0.5, 0.6) is 0 Å². The van der Waals surface area contributed by atoms with Gasteiger partial charge in [-0.2, -0.15) is 0 Å². The van der Waals surface area contributed by atoms with Crippen molar-refractivity contribution in [3.63, 3.8) is 0 Å². The maximum absolute atomic E-state index is 4.25. The SMILES string of the molecule is Cc1ccccc1-c1nc(S)c[nH]1.[Zn]. The van der Waals surface area contributed by atoms with E-state index < -0.39 is 0 Å². The number of hydrogen-bond donors (Lipinski definition) is 2. The Balaban J connectivity index is 0.000000980. The van der Waals surface area contributed by atoms with Crippen LogP contribution < -0.4 is 0 Å². The number of nitrogens with one attached hydrogen (secondary N) is 1. The van der Waals surface area contributed by atoms with Crippen LogP contribution in [0.4, 0.5) is 0 Å². The second-order valence-electron chi connectivity index (χ2n) is 2.92. The minimum atomic E-state index is 0. The van der Waals surface area contributed by atoms with Gasteiger partial charge in [0.1, 0.15) is 10.9 Å². The summed E-state index contributed by atoms with van der Waals surface area (Å²) in [5.74, 6) is 0.878. The summed E-state index contributed by atoms with van der Waals surface area (Å²) in [7, 11) is 0. The molecule has 4 heteroatoms. The van der Waals surface area contributed by atoms with E-state index in [2.05, 4.69) is 35.6 Å². The van der Waals surface area contributed by atoms with Crippen molar-refractivity contribution in [1.82, 2.24) is 9.97 Å². The molecule has 0 spiro atoms. The monoisotopic (exact) mass is 254 g/mol. The van der Waals surface area contributed by atoms with Crippen molar-refractivity contribution in [2.24, 2.45) is 0 Å². The fourth-order valence-electron chi connectivity index (χ4n) is 1.29. The summed E-state index contributed by atoms with van der Waals surface area (Å²) in [5, 5.41) is 0.721. The van der Waals surface area contributed by atoms with Gasteiger partial charge in [0.25, 0.3) is 0 Å². The van der Waals surface area contributed by atoms with Gasteiger partial charge < -0.3 is 4.98 Å². The Hall–Kier alpha value is -0.597. The van der Waals surface area contributed by atoms with E-state index in [1.165, 1.54) is 5.56 Å². The molecule has 14 heavy (non-hydrogen) atoms. The van der Waals surface area contributed by atoms with E-state index >= 15 is 0 Å². The molecule has 1 N–H and O–H groups in total. The van der Waals surface area contributed by atoms with E-state index in [4.69, 9.17) is 0 Å². The summed E-state index contributed by atoms with van der Waals surface area (Å²) in [4.78, 5) is 7.33. The van der Waals surface area contributed by atoms with Crippen molar-refractivity contribution in [1.29, 1.82) is 0 Å². The number of hydrogen-bond acceptors (Lipinski definition) is 2. The van der Waals surface area contributed by atoms with Gasteiger partial charge in [-0.05, 0) is 12.5 Å². The molecule has 0 amide bonds. The molecular weight excluding hydrogens is 246 g/mol. The number of imidazole rings is 1. The number of H-pyrrole nitrogens is 1. The molecule has 0 aliphatic carbocycles. The Labute approximate surface area is 101 Å². The van der Waals surface area contributed by atoms with E-state index in [0.29, 0.717) is 0 Å². The predicted octanol–water partition coefficient (Wildman–Crippen LogP) is 2.67. The zero-order chi connectivity index (χ0) is 9.26. The van der Waals surface area contributed by atoms with Gasteiger partial charge in [-0.1, -0.05) is 24.3 Å². The molecule has 0 saturated carbocycles. The van der Waals surface area contributed by atoms with Gasteiger partial charge >= 0.3 is 0 Å². The zero-order valence-electron chi connectivity index (χ0n) is 7.99. The molecule has 0 bridgehead atoms. The quantitative estimate of drug-likeness (QED) is 0.595. The van der Waals surface area contributed by atoms with Crippen LogP contribution >= 0.6 is 12.6 Å². The third kappa shape index (κ3) is 2.25. The number of nitrogens with zero attached hydrogens (tertiary/aromatic N) is 1. The Morgan fingerprint density at radius 1 is 1.29 bits per heavy atom. The van der Waals surface area contributed by atoms with Crippen LogP contribution in [-0.2, 0) is 19.5 Å². The van der Waals surface area contributed by atoms with E-state index in [-0.39, 0.29) is 19.5 Å². The van der Waals surface area contributed by atoms with Crippen molar-refractivity contribution in [3.8, 4) is 11.4 Å². The van der Waals surface area contributed by atoms with Crippen LogP contribution in [0.25, 0.3) is 11.4 Å². The maximum atomic E-state index is 4.25. The second-order valence-corrected chi connectivity index (χ2v) is 3.38. The van der Waals surface area contributed by atoms with Crippen molar-refractivity contribution in [2.45, 2.75) is 11.9 Å². The molecule has 0 radical (unpaired) electrons. The Morgan fingerprint density at radius 3 is 2.57 bits per heavy atom. The molecule has 2 rings (SSSR count). The molecule has 68 valence electrons. The molecule has 0 fully saturated rings. The number of benzene rings is 1. The first kappa shape index (κ1) is 11.5. The van der Waals surface area contributed by atoms with Crippen LogP contribution in [-0.4, -0.2) is 9.97 Å². The van der Waals surface area contributed by atoms with E-state index in [1.807, 2.05) is 18.2 Å².